The Morgan fingerprint density at radius 3 is 2.88 bits per heavy atom. The van der Waals surface area contributed by atoms with Gasteiger partial charge in [0.05, 0.1) is 6.04 Å². The van der Waals surface area contributed by atoms with Gasteiger partial charge in [-0.05, 0) is 12.5 Å². The molecule has 0 saturated carbocycles. The van der Waals surface area contributed by atoms with Crippen LogP contribution in [0.4, 0.5) is 5.95 Å². The van der Waals surface area contributed by atoms with Gasteiger partial charge in [0.15, 0.2) is 0 Å². The summed E-state index contributed by atoms with van der Waals surface area (Å²) in [6.07, 6.45) is 5.60. The van der Waals surface area contributed by atoms with E-state index in [-0.39, 0.29) is 6.04 Å². The van der Waals surface area contributed by atoms with Crippen LogP contribution in [0, 0.1) is 0 Å². The fourth-order valence-electron chi connectivity index (χ4n) is 1.75. The molecule has 0 fully saturated rings. The highest BCUT2D eigenvalue weighted by molar-refractivity contribution is 5.32. The van der Waals surface area contributed by atoms with Gasteiger partial charge < -0.3 is 9.88 Å². The summed E-state index contributed by atoms with van der Waals surface area (Å²) >= 11 is 0. The molecular weight excluding hydrogens is 210 g/mol. The second kappa shape index (κ2) is 5.34. The van der Waals surface area contributed by atoms with Gasteiger partial charge in [-0.15, -0.1) is 6.58 Å². The Hall–Kier alpha value is -2.03. The molecule has 0 radical (unpaired) electrons. The third kappa shape index (κ3) is 2.75. The van der Waals surface area contributed by atoms with Crippen molar-refractivity contribution in [2.75, 3.05) is 5.32 Å². The zero-order valence-electron chi connectivity index (χ0n) is 10.0. The van der Waals surface area contributed by atoms with Crippen LogP contribution in [-0.4, -0.2) is 9.55 Å². The number of nitrogens with one attached hydrogen (secondary N) is 1. The van der Waals surface area contributed by atoms with Crippen molar-refractivity contribution in [2.24, 2.45) is 0 Å². The molecule has 1 atom stereocenters. The minimum atomic E-state index is 0.238. The fraction of sp³-hybridized carbons (Fsp3) is 0.214. The number of rotatable bonds is 5. The molecule has 0 bridgehead atoms. The average Bonchev–Trinajstić information content (AvgIpc) is 2.78. The Balaban J connectivity index is 2.10. The second-order valence-electron chi connectivity index (χ2n) is 3.97. The molecule has 1 aromatic carbocycles. The van der Waals surface area contributed by atoms with Gasteiger partial charge in [0.25, 0.3) is 0 Å². The van der Waals surface area contributed by atoms with Crippen molar-refractivity contribution in [1.82, 2.24) is 9.55 Å². The zero-order chi connectivity index (χ0) is 12.1. The Morgan fingerprint density at radius 1 is 1.41 bits per heavy atom. The Bertz CT molecular complexity index is 473. The third-order valence-corrected chi connectivity index (χ3v) is 2.69. The first-order valence-corrected chi connectivity index (χ1v) is 5.75. The van der Waals surface area contributed by atoms with Crippen LogP contribution in [0.5, 0.6) is 0 Å². The summed E-state index contributed by atoms with van der Waals surface area (Å²) in [5.74, 6) is 0.876. The maximum absolute atomic E-state index is 4.30. The summed E-state index contributed by atoms with van der Waals surface area (Å²) in [5.41, 5.74) is 1.25. The number of nitrogens with zero attached hydrogens (tertiary/aromatic N) is 2. The standard InChI is InChI=1S/C14H17N3/c1-3-10-17-11-9-15-14(17)16-12(2)13-7-5-4-6-8-13/h3-9,11-12H,1,10H2,2H3,(H,15,16). The monoisotopic (exact) mass is 227 g/mol. The van der Waals surface area contributed by atoms with Crippen molar-refractivity contribution >= 4 is 5.95 Å². The van der Waals surface area contributed by atoms with Crippen LogP contribution >= 0.6 is 0 Å². The fourth-order valence-corrected chi connectivity index (χ4v) is 1.75. The smallest absolute Gasteiger partial charge is 0.203 e. The normalized spacial score (nSPS) is 12.1. The van der Waals surface area contributed by atoms with E-state index in [1.165, 1.54) is 5.56 Å². The van der Waals surface area contributed by atoms with Crippen molar-refractivity contribution in [2.45, 2.75) is 19.5 Å². The molecule has 17 heavy (non-hydrogen) atoms. The van der Waals surface area contributed by atoms with E-state index in [0.29, 0.717) is 0 Å². The summed E-state index contributed by atoms with van der Waals surface area (Å²) in [4.78, 5) is 4.30. The van der Waals surface area contributed by atoms with Crippen LogP contribution in [0.25, 0.3) is 0 Å². The molecule has 3 heteroatoms. The molecule has 0 aliphatic heterocycles. The zero-order valence-corrected chi connectivity index (χ0v) is 10.0. The van der Waals surface area contributed by atoms with E-state index in [1.54, 1.807) is 6.20 Å². The Morgan fingerprint density at radius 2 is 2.18 bits per heavy atom. The van der Waals surface area contributed by atoms with E-state index < -0.39 is 0 Å². The van der Waals surface area contributed by atoms with Gasteiger partial charge in [0, 0.05) is 18.9 Å². The van der Waals surface area contributed by atoms with E-state index in [2.05, 4.69) is 35.9 Å². The van der Waals surface area contributed by atoms with Gasteiger partial charge in [-0.2, -0.15) is 0 Å². The molecule has 2 aromatic rings. The highest BCUT2D eigenvalue weighted by Crippen LogP contribution is 2.17. The third-order valence-electron chi connectivity index (χ3n) is 2.69. The number of hydrogen-bond donors (Lipinski definition) is 1. The van der Waals surface area contributed by atoms with Crippen LogP contribution in [0.3, 0.4) is 0 Å². The number of benzene rings is 1. The Labute approximate surface area is 102 Å². The minimum absolute atomic E-state index is 0.238. The van der Waals surface area contributed by atoms with Crippen LogP contribution in [0.1, 0.15) is 18.5 Å². The van der Waals surface area contributed by atoms with Crippen LogP contribution in [-0.2, 0) is 6.54 Å². The maximum Gasteiger partial charge on any atom is 0.203 e. The molecule has 0 saturated heterocycles. The van der Waals surface area contributed by atoms with Crippen molar-refractivity contribution in [3.8, 4) is 0 Å². The predicted octanol–water partition coefficient (Wildman–Crippen LogP) is 3.24. The summed E-state index contributed by atoms with van der Waals surface area (Å²) < 4.78 is 2.03. The van der Waals surface area contributed by atoms with Gasteiger partial charge >= 0.3 is 0 Å². The SMILES string of the molecule is C=CCn1ccnc1NC(C)c1ccccc1. The first-order chi connectivity index (χ1) is 8.31. The molecule has 2 rings (SSSR count). The molecule has 1 aromatic heterocycles. The summed E-state index contributed by atoms with van der Waals surface area (Å²) in [6, 6.07) is 10.6. The molecule has 0 aliphatic rings. The van der Waals surface area contributed by atoms with E-state index in [9.17, 15) is 0 Å². The minimum Gasteiger partial charge on any atom is -0.349 e. The first-order valence-electron chi connectivity index (χ1n) is 5.75. The molecule has 1 unspecified atom stereocenters. The molecule has 0 amide bonds. The van der Waals surface area contributed by atoms with Gasteiger partial charge in [-0.3, -0.25) is 0 Å². The van der Waals surface area contributed by atoms with Crippen LogP contribution in [0.2, 0.25) is 0 Å². The second-order valence-corrected chi connectivity index (χ2v) is 3.97. The summed E-state index contributed by atoms with van der Waals surface area (Å²) in [5, 5.41) is 3.40. The number of anilines is 1. The predicted molar refractivity (Wildman–Crippen MR) is 70.9 cm³/mol. The van der Waals surface area contributed by atoms with Gasteiger partial charge in [-0.25, -0.2) is 4.98 Å². The van der Waals surface area contributed by atoms with Crippen molar-refractivity contribution < 1.29 is 0 Å². The molecular formula is C14H17N3. The van der Waals surface area contributed by atoms with Crippen molar-refractivity contribution in [1.29, 1.82) is 0 Å². The highest BCUT2D eigenvalue weighted by atomic mass is 15.2. The van der Waals surface area contributed by atoms with Gasteiger partial charge in [0.1, 0.15) is 0 Å². The van der Waals surface area contributed by atoms with Crippen molar-refractivity contribution in [3.63, 3.8) is 0 Å². The lowest BCUT2D eigenvalue weighted by molar-refractivity contribution is 0.784. The number of allylic oxidation sites excluding steroid dienone is 1. The first kappa shape index (κ1) is 11.5. The lowest BCUT2D eigenvalue weighted by Gasteiger charge is -2.15. The molecule has 1 heterocycles. The van der Waals surface area contributed by atoms with Gasteiger partial charge in [-0.1, -0.05) is 36.4 Å². The van der Waals surface area contributed by atoms with E-state index >= 15 is 0 Å². The van der Waals surface area contributed by atoms with Crippen molar-refractivity contribution in [3.05, 3.63) is 60.9 Å². The largest absolute Gasteiger partial charge is 0.349 e. The maximum atomic E-state index is 4.30. The quantitative estimate of drug-likeness (QED) is 0.795. The molecule has 0 spiro atoms. The number of aromatic nitrogens is 2. The number of hydrogen-bond acceptors (Lipinski definition) is 2. The summed E-state index contributed by atoms with van der Waals surface area (Å²) in [6.45, 7) is 6.63. The molecule has 0 aliphatic carbocycles. The average molecular weight is 227 g/mol. The molecule has 1 N–H and O–H groups in total. The molecule has 88 valence electrons. The topological polar surface area (TPSA) is 29.9 Å². The number of imidazole rings is 1. The lowest BCUT2D eigenvalue weighted by atomic mass is 10.1. The van der Waals surface area contributed by atoms with E-state index in [1.807, 2.05) is 35.0 Å². The molecule has 3 nitrogen and oxygen atoms in total. The van der Waals surface area contributed by atoms with E-state index in [0.717, 1.165) is 12.5 Å². The van der Waals surface area contributed by atoms with Gasteiger partial charge in [0.2, 0.25) is 5.95 Å². The summed E-state index contributed by atoms with van der Waals surface area (Å²) in [7, 11) is 0. The van der Waals surface area contributed by atoms with Crippen LogP contribution in [0.15, 0.2) is 55.4 Å². The Kier molecular flexibility index (Phi) is 3.60. The van der Waals surface area contributed by atoms with E-state index in [4.69, 9.17) is 0 Å². The van der Waals surface area contributed by atoms with Crippen LogP contribution < -0.4 is 5.32 Å². The highest BCUT2D eigenvalue weighted by Gasteiger charge is 2.07. The lowest BCUT2D eigenvalue weighted by Crippen LogP contribution is -2.11.